The normalized spacial score (nSPS) is 12.0. The zero-order chi connectivity index (χ0) is 13.9. The van der Waals surface area contributed by atoms with Gasteiger partial charge in [0.1, 0.15) is 6.10 Å². The van der Waals surface area contributed by atoms with Crippen LogP contribution in [-0.4, -0.2) is 10.1 Å². The molecule has 3 rings (SSSR count). The first-order valence-electron chi connectivity index (χ1n) is 6.30. The molecule has 0 aliphatic rings. The molecule has 3 nitrogen and oxygen atoms in total. The SMILES string of the molecule is N#Cc1cccc(C(O)c2cccc3ccncc23)c1. The van der Waals surface area contributed by atoms with E-state index in [0.29, 0.717) is 11.1 Å². The largest absolute Gasteiger partial charge is 0.384 e. The smallest absolute Gasteiger partial charge is 0.105 e. The van der Waals surface area contributed by atoms with Crippen molar-refractivity contribution >= 4 is 10.8 Å². The summed E-state index contributed by atoms with van der Waals surface area (Å²) in [4.78, 5) is 4.12. The fraction of sp³-hybridized carbons (Fsp3) is 0.0588. The predicted octanol–water partition coefficient (Wildman–Crippen LogP) is 3.19. The Morgan fingerprint density at radius 3 is 2.80 bits per heavy atom. The van der Waals surface area contributed by atoms with Gasteiger partial charge in [-0.2, -0.15) is 5.26 Å². The van der Waals surface area contributed by atoms with E-state index >= 15 is 0 Å². The van der Waals surface area contributed by atoms with Crippen LogP contribution in [0.25, 0.3) is 10.8 Å². The Kier molecular flexibility index (Phi) is 3.16. The molecule has 0 amide bonds. The molecular weight excluding hydrogens is 248 g/mol. The summed E-state index contributed by atoms with van der Waals surface area (Å²) in [6, 6.07) is 16.8. The van der Waals surface area contributed by atoms with Gasteiger partial charge in [-0.1, -0.05) is 30.3 Å². The van der Waals surface area contributed by atoms with Crippen LogP contribution in [0.2, 0.25) is 0 Å². The minimum atomic E-state index is -0.767. The van der Waals surface area contributed by atoms with E-state index in [1.54, 1.807) is 30.6 Å². The minimum absolute atomic E-state index is 0.542. The van der Waals surface area contributed by atoms with Crippen LogP contribution in [0.3, 0.4) is 0 Å². The number of benzene rings is 2. The molecular formula is C17H12N2O. The van der Waals surface area contributed by atoms with Gasteiger partial charge in [0.05, 0.1) is 11.6 Å². The van der Waals surface area contributed by atoms with Crippen molar-refractivity contribution < 1.29 is 5.11 Å². The van der Waals surface area contributed by atoms with Crippen LogP contribution in [0.1, 0.15) is 22.8 Å². The first-order valence-corrected chi connectivity index (χ1v) is 6.30. The minimum Gasteiger partial charge on any atom is -0.384 e. The van der Waals surface area contributed by atoms with Crippen LogP contribution >= 0.6 is 0 Å². The van der Waals surface area contributed by atoms with Crippen LogP contribution in [0.5, 0.6) is 0 Å². The molecule has 0 fully saturated rings. The highest BCUT2D eigenvalue weighted by molar-refractivity contribution is 5.85. The third-order valence-electron chi connectivity index (χ3n) is 3.34. The van der Waals surface area contributed by atoms with Gasteiger partial charge in [-0.3, -0.25) is 4.98 Å². The first-order chi connectivity index (χ1) is 9.79. The molecule has 0 spiro atoms. The molecule has 0 saturated heterocycles. The number of aromatic nitrogens is 1. The monoisotopic (exact) mass is 260 g/mol. The summed E-state index contributed by atoms with van der Waals surface area (Å²) in [5.41, 5.74) is 2.05. The Morgan fingerprint density at radius 1 is 1.10 bits per heavy atom. The van der Waals surface area contributed by atoms with Gasteiger partial charge in [-0.15, -0.1) is 0 Å². The maximum absolute atomic E-state index is 10.6. The van der Waals surface area contributed by atoms with Gasteiger partial charge in [0.25, 0.3) is 0 Å². The van der Waals surface area contributed by atoms with E-state index in [-0.39, 0.29) is 0 Å². The Hall–Kier alpha value is -2.70. The molecule has 2 aromatic carbocycles. The molecule has 1 aromatic heterocycles. The number of pyridine rings is 1. The molecule has 0 aliphatic heterocycles. The zero-order valence-corrected chi connectivity index (χ0v) is 10.7. The molecule has 0 aliphatic carbocycles. The average molecular weight is 260 g/mol. The van der Waals surface area contributed by atoms with Crippen molar-refractivity contribution in [3.8, 4) is 6.07 Å². The highest BCUT2D eigenvalue weighted by Crippen LogP contribution is 2.28. The van der Waals surface area contributed by atoms with Crippen LogP contribution in [0.15, 0.2) is 60.9 Å². The van der Waals surface area contributed by atoms with Crippen LogP contribution in [0, 0.1) is 11.3 Å². The lowest BCUT2D eigenvalue weighted by Gasteiger charge is -2.14. The average Bonchev–Trinajstić information content (AvgIpc) is 2.53. The molecule has 1 unspecified atom stereocenters. The Balaban J connectivity index is 2.13. The lowest BCUT2D eigenvalue weighted by molar-refractivity contribution is 0.222. The molecule has 1 heterocycles. The van der Waals surface area contributed by atoms with E-state index in [0.717, 1.165) is 16.3 Å². The van der Waals surface area contributed by atoms with Crippen LogP contribution < -0.4 is 0 Å². The summed E-state index contributed by atoms with van der Waals surface area (Å²) < 4.78 is 0. The van der Waals surface area contributed by atoms with Gasteiger partial charge >= 0.3 is 0 Å². The number of rotatable bonds is 2. The highest BCUT2D eigenvalue weighted by Gasteiger charge is 2.13. The number of aliphatic hydroxyl groups is 1. The van der Waals surface area contributed by atoms with Gasteiger partial charge in [0.2, 0.25) is 0 Å². The lowest BCUT2D eigenvalue weighted by atomic mass is 9.96. The first kappa shape index (κ1) is 12.3. The van der Waals surface area contributed by atoms with E-state index in [2.05, 4.69) is 11.1 Å². The lowest BCUT2D eigenvalue weighted by Crippen LogP contribution is -2.01. The highest BCUT2D eigenvalue weighted by atomic mass is 16.3. The quantitative estimate of drug-likeness (QED) is 0.769. The van der Waals surface area contributed by atoms with Crippen molar-refractivity contribution in [1.82, 2.24) is 4.98 Å². The molecule has 20 heavy (non-hydrogen) atoms. The summed E-state index contributed by atoms with van der Waals surface area (Å²) in [5, 5.41) is 21.5. The zero-order valence-electron chi connectivity index (χ0n) is 10.7. The third kappa shape index (κ3) is 2.13. The molecule has 1 atom stereocenters. The van der Waals surface area contributed by atoms with Gasteiger partial charge in [0, 0.05) is 17.8 Å². The topological polar surface area (TPSA) is 56.9 Å². The molecule has 0 saturated carbocycles. The summed E-state index contributed by atoms with van der Waals surface area (Å²) in [7, 11) is 0. The van der Waals surface area contributed by atoms with Crippen LogP contribution in [0.4, 0.5) is 0 Å². The maximum atomic E-state index is 10.6. The summed E-state index contributed by atoms with van der Waals surface area (Å²) in [5.74, 6) is 0. The van der Waals surface area contributed by atoms with Gasteiger partial charge < -0.3 is 5.11 Å². The third-order valence-corrected chi connectivity index (χ3v) is 3.34. The molecule has 3 aromatic rings. The second-order valence-corrected chi connectivity index (χ2v) is 4.58. The van der Waals surface area contributed by atoms with Crippen molar-refractivity contribution in [3.63, 3.8) is 0 Å². The maximum Gasteiger partial charge on any atom is 0.105 e. The Bertz CT molecular complexity index is 800. The molecule has 3 heteroatoms. The second kappa shape index (κ2) is 5.12. The van der Waals surface area contributed by atoms with Crippen molar-refractivity contribution in [2.24, 2.45) is 0 Å². The predicted molar refractivity (Wildman–Crippen MR) is 77.0 cm³/mol. The van der Waals surface area contributed by atoms with Crippen molar-refractivity contribution in [2.75, 3.05) is 0 Å². The molecule has 96 valence electrons. The van der Waals surface area contributed by atoms with Gasteiger partial charge in [-0.25, -0.2) is 0 Å². The van der Waals surface area contributed by atoms with Crippen molar-refractivity contribution in [1.29, 1.82) is 5.26 Å². The summed E-state index contributed by atoms with van der Waals surface area (Å²) in [6.07, 6.45) is 2.72. The van der Waals surface area contributed by atoms with Crippen molar-refractivity contribution in [3.05, 3.63) is 77.6 Å². The van der Waals surface area contributed by atoms with Gasteiger partial charge in [-0.05, 0) is 34.7 Å². The van der Waals surface area contributed by atoms with Crippen LogP contribution in [-0.2, 0) is 0 Å². The summed E-state index contributed by atoms with van der Waals surface area (Å²) >= 11 is 0. The van der Waals surface area contributed by atoms with E-state index in [1.165, 1.54) is 0 Å². The van der Waals surface area contributed by atoms with E-state index in [1.807, 2.05) is 30.3 Å². The fourth-order valence-electron chi connectivity index (χ4n) is 2.33. The van der Waals surface area contributed by atoms with E-state index in [4.69, 9.17) is 5.26 Å². The Morgan fingerprint density at radius 2 is 1.95 bits per heavy atom. The molecule has 1 N–H and O–H groups in total. The van der Waals surface area contributed by atoms with Gasteiger partial charge in [0.15, 0.2) is 0 Å². The number of nitriles is 1. The number of hydrogen-bond acceptors (Lipinski definition) is 3. The number of nitrogens with zero attached hydrogens (tertiary/aromatic N) is 2. The second-order valence-electron chi connectivity index (χ2n) is 4.58. The standard InChI is InChI=1S/C17H12N2O/c18-10-12-3-1-5-14(9-12)17(20)15-6-2-4-13-7-8-19-11-16(13)15/h1-9,11,17,20H. The molecule has 0 radical (unpaired) electrons. The van der Waals surface area contributed by atoms with E-state index < -0.39 is 6.10 Å². The van der Waals surface area contributed by atoms with Crippen molar-refractivity contribution in [2.45, 2.75) is 6.10 Å². The number of aliphatic hydroxyl groups excluding tert-OH is 1. The summed E-state index contributed by atoms with van der Waals surface area (Å²) in [6.45, 7) is 0. The fourth-order valence-corrected chi connectivity index (χ4v) is 2.33. The number of fused-ring (bicyclic) bond motifs is 1. The Labute approximate surface area is 116 Å². The molecule has 0 bridgehead atoms. The van der Waals surface area contributed by atoms with E-state index in [9.17, 15) is 5.11 Å². The number of hydrogen-bond donors (Lipinski definition) is 1.